The van der Waals surface area contributed by atoms with E-state index in [0.717, 1.165) is 5.02 Å². The van der Waals surface area contributed by atoms with E-state index in [4.69, 9.17) is 11.6 Å². The normalized spacial score (nSPS) is 23.9. The van der Waals surface area contributed by atoms with E-state index >= 15 is 0 Å². The minimum Gasteiger partial charge on any atom is -0.0843 e. The Morgan fingerprint density at radius 1 is 1.05 bits per heavy atom. The smallest absolute Gasteiger partial charge is 0.0412 e. The largest absolute Gasteiger partial charge is 0.0843 e. The van der Waals surface area contributed by atoms with Gasteiger partial charge in [-0.1, -0.05) is 54.9 Å². The van der Waals surface area contributed by atoms with Crippen LogP contribution in [0.2, 0.25) is 5.02 Å². The first kappa shape index (κ1) is 13.2. The Bertz CT molecular complexity index is 712. The Morgan fingerprint density at radius 2 is 1.86 bits per heavy atom. The third-order valence-corrected chi connectivity index (χ3v) is 5.39. The molecule has 4 rings (SSSR count). The van der Waals surface area contributed by atoms with Gasteiger partial charge in [-0.2, -0.15) is 0 Å². The van der Waals surface area contributed by atoms with Gasteiger partial charge in [-0.15, -0.1) is 0 Å². The van der Waals surface area contributed by atoms with Gasteiger partial charge in [-0.05, 0) is 71.1 Å². The molecule has 0 amide bonds. The fraction of sp³-hybridized carbons (Fsp3) is 0.300. The number of rotatable bonds is 1. The standard InChI is InChI=1S/C20H19Cl/c1-13-16-11-10-15(21)12-19(16)20-17(13)8-5-9-18(20)14-6-3-2-4-7-14/h2-4,6-7,10-13,17H,5,8-9H2,1H3/t13-,17+/m1/s1. The van der Waals surface area contributed by atoms with Gasteiger partial charge >= 0.3 is 0 Å². The van der Waals surface area contributed by atoms with Crippen molar-refractivity contribution in [2.75, 3.05) is 0 Å². The maximum Gasteiger partial charge on any atom is 0.0412 e. The summed E-state index contributed by atoms with van der Waals surface area (Å²) in [6, 6.07) is 17.3. The molecule has 0 N–H and O–H groups in total. The van der Waals surface area contributed by atoms with E-state index < -0.39 is 0 Å². The molecule has 0 saturated heterocycles. The van der Waals surface area contributed by atoms with E-state index in [1.54, 1.807) is 11.1 Å². The minimum atomic E-state index is 0.617. The Labute approximate surface area is 131 Å². The quantitative estimate of drug-likeness (QED) is 0.590. The summed E-state index contributed by atoms with van der Waals surface area (Å²) in [6.07, 6.45) is 3.79. The molecule has 2 aromatic carbocycles. The molecule has 21 heavy (non-hydrogen) atoms. The SMILES string of the molecule is C[C@@H]1c2ccc(Cl)cc2C2=C(c3ccccc3)CCC[C@H]21. The molecule has 0 aliphatic heterocycles. The Balaban J connectivity index is 1.97. The molecular weight excluding hydrogens is 276 g/mol. The van der Waals surface area contributed by atoms with Gasteiger partial charge in [0.2, 0.25) is 0 Å². The molecular formula is C20H19Cl. The zero-order valence-corrected chi connectivity index (χ0v) is 13.0. The summed E-state index contributed by atoms with van der Waals surface area (Å²) in [5.74, 6) is 1.29. The van der Waals surface area contributed by atoms with Crippen LogP contribution in [-0.2, 0) is 0 Å². The zero-order chi connectivity index (χ0) is 14.4. The summed E-state index contributed by atoms with van der Waals surface area (Å²) in [7, 11) is 0. The average molecular weight is 295 g/mol. The van der Waals surface area contributed by atoms with Crippen LogP contribution in [0, 0.1) is 5.92 Å². The summed E-state index contributed by atoms with van der Waals surface area (Å²) >= 11 is 6.27. The molecule has 0 nitrogen and oxygen atoms in total. The van der Waals surface area contributed by atoms with E-state index in [0.29, 0.717) is 11.8 Å². The van der Waals surface area contributed by atoms with E-state index in [1.165, 1.54) is 36.0 Å². The molecule has 1 heteroatoms. The lowest BCUT2D eigenvalue weighted by Crippen LogP contribution is -2.10. The molecule has 0 heterocycles. The molecule has 0 bridgehead atoms. The monoisotopic (exact) mass is 294 g/mol. The Kier molecular flexibility index (Phi) is 3.15. The molecule has 2 aromatic rings. The number of allylic oxidation sites excluding steroid dienone is 2. The van der Waals surface area contributed by atoms with Gasteiger partial charge in [0.25, 0.3) is 0 Å². The zero-order valence-electron chi connectivity index (χ0n) is 12.3. The highest BCUT2D eigenvalue weighted by atomic mass is 35.5. The Morgan fingerprint density at radius 3 is 2.67 bits per heavy atom. The molecule has 0 fully saturated rings. The van der Waals surface area contributed by atoms with Crippen LogP contribution in [-0.4, -0.2) is 0 Å². The minimum absolute atomic E-state index is 0.617. The van der Waals surface area contributed by atoms with Gasteiger partial charge in [-0.25, -0.2) is 0 Å². The molecule has 0 saturated carbocycles. The van der Waals surface area contributed by atoms with Crippen molar-refractivity contribution in [3.8, 4) is 0 Å². The van der Waals surface area contributed by atoms with Crippen LogP contribution in [0.25, 0.3) is 11.1 Å². The third kappa shape index (κ3) is 2.05. The van der Waals surface area contributed by atoms with Gasteiger partial charge in [0.05, 0.1) is 0 Å². The molecule has 2 aliphatic rings. The number of benzene rings is 2. The van der Waals surface area contributed by atoms with Crippen LogP contribution in [0.4, 0.5) is 0 Å². The maximum atomic E-state index is 6.27. The topological polar surface area (TPSA) is 0 Å². The second kappa shape index (κ2) is 5.03. The second-order valence-corrected chi connectivity index (χ2v) is 6.71. The van der Waals surface area contributed by atoms with Crippen molar-refractivity contribution in [3.63, 3.8) is 0 Å². The van der Waals surface area contributed by atoms with Crippen LogP contribution in [0.15, 0.2) is 48.5 Å². The van der Waals surface area contributed by atoms with E-state index in [1.807, 2.05) is 6.07 Å². The van der Waals surface area contributed by atoms with Crippen LogP contribution < -0.4 is 0 Å². The lowest BCUT2D eigenvalue weighted by atomic mass is 9.78. The van der Waals surface area contributed by atoms with Crippen LogP contribution in [0.5, 0.6) is 0 Å². The second-order valence-electron chi connectivity index (χ2n) is 6.28. The predicted octanol–water partition coefficient (Wildman–Crippen LogP) is 6.17. The van der Waals surface area contributed by atoms with E-state index in [-0.39, 0.29) is 0 Å². The molecule has 0 radical (unpaired) electrons. The average Bonchev–Trinajstić information content (AvgIpc) is 2.81. The van der Waals surface area contributed by atoms with Gasteiger partial charge < -0.3 is 0 Å². The highest BCUT2D eigenvalue weighted by molar-refractivity contribution is 6.30. The van der Waals surface area contributed by atoms with Gasteiger partial charge in [0.15, 0.2) is 0 Å². The predicted molar refractivity (Wildman–Crippen MR) is 90.5 cm³/mol. The number of fused-ring (bicyclic) bond motifs is 3. The summed E-state index contributed by atoms with van der Waals surface area (Å²) in [5.41, 5.74) is 7.38. The first-order valence-corrected chi connectivity index (χ1v) is 8.22. The molecule has 2 atom stereocenters. The van der Waals surface area contributed by atoms with Crippen molar-refractivity contribution in [1.82, 2.24) is 0 Å². The maximum absolute atomic E-state index is 6.27. The van der Waals surface area contributed by atoms with Crippen LogP contribution in [0.1, 0.15) is 48.8 Å². The number of hydrogen-bond donors (Lipinski definition) is 0. The van der Waals surface area contributed by atoms with E-state index in [9.17, 15) is 0 Å². The van der Waals surface area contributed by atoms with Gasteiger partial charge in [-0.3, -0.25) is 0 Å². The summed E-state index contributed by atoms with van der Waals surface area (Å²) in [5, 5.41) is 0.854. The number of hydrogen-bond acceptors (Lipinski definition) is 0. The molecule has 0 aromatic heterocycles. The summed E-state index contributed by atoms with van der Waals surface area (Å²) < 4.78 is 0. The van der Waals surface area contributed by atoms with Crippen LogP contribution >= 0.6 is 11.6 Å². The van der Waals surface area contributed by atoms with Crippen LogP contribution in [0.3, 0.4) is 0 Å². The fourth-order valence-corrected chi connectivity index (χ4v) is 4.35. The van der Waals surface area contributed by atoms with Gasteiger partial charge in [0, 0.05) is 5.02 Å². The molecule has 106 valence electrons. The highest BCUT2D eigenvalue weighted by Crippen LogP contribution is 2.54. The molecule has 2 aliphatic carbocycles. The van der Waals surface area contributed by atoms with Crippen molar-refractivity contribution >= 4 is 22.7 Å². The number of halogens is 1. The van der Waals surface area contributed by atoms with Gasteiger partial charge in [0.1, 0.15) is 0 Å². The molecule has 0 spiro atoms. The first-order chi connectivity index (χ1) is 10.3. The molecule has 0 unspecified atom stereocenters. The fourth-order valence-electron chi connectivity index (χ4n) is 4.18. The van der Waals surface area contributed by atoms with Crippen molar-refractivity contribution in [1.29, 1.82) is 0 Å². The van der Waals surface area contributed by atoms with Crippen molar-refractivity contribution < 1.29 is 0 Å². The lowest BCUT2D eigenvalue weighted by molar-refractivity contribution is 0.510. The van der Waals surface area contributed by atoms with E-state index in [2.05, 4.69) is 49.4 Å². The van der Waals surface area contributed by atoms with Crippen molar-refractivity contribution in [2.45, 2.75) is 32.1 Å². The summed E-state index contributed by atoms with van der Waals surface area (Å²) in [4.78, 5) is 0. The first-order valence-electron chi connectivity index (χ1n) is 7.84. The highest BCUT2D eigenvalue weighted by Gasteiger charge is 2.37. The Hall–Kier alpha value is -1.53. The summed E-state index contributed by atoms with van der Waals surface area (Å²) in [6.45, 7) is 2.37. The van der Waals surface area contributed by atoms with Crippen molar-refractivity contribution in [3.05, 3.63) is 70.2 Å². The third-order valence-electron chi connectivity index (χ3n) is 5.16. The van der Waals surface area contributed by atoms with Crippen molar-refractivity contribution in [2.24, 2.45) is 5.92 Å². The lowest BCUT2D eigenvalue weighted by Gasteiger charge is -2.26.